The lowest BCUT2D eigenvalue weighted by atomic mass is 10.4. The van der Waals surface area contributed by atoms with E-state index in [1.807, 2.05) is 41.5 Å². The Hall–Kier alpha value is -0.320. The van der Waals surface area contributed by atoms with Gasteiger partial charge in [-0.3, -0.25) is 0 Å². The van der Waals surface area contributed by atoms with Crippen LogP contribution in [-0.4, -0.2) is 79.0 Å². The molecule has 0 N–H and O–H groups in total. The van der Waals surface area contributed by atoms with E-state index in [4.69, 9.17) is 28.4 Å². The van der Waals surface area contributed by atoms with E-state index in [2.05, 4.69) is 9.47 Å². The lowest BCUT2D eigenvalue weighted by Crippen LogP contribution is -2.21. The summed E-state index contributed by atoms with van der Waals surface area (Å²) in [6.45, 7) is 16.2. The van der Waals surface area contributed by atoms with Crippen LogP contribution >= 0.6 is 0 Å². The fraction of sp³-hybridized carbons (Fsp3) is 1.00. The summed E-state index contributed by atoms with van der Waals surface area (Å²) < 4.78 is 39.4. The maximum atomic E-state index is 5.06. The first kappa shape index (κ1) is 28.9. The highest BCUT2D eigenvalue weighted by Crippen LogP contribution is 2.01. The van der Waals surface area contributed by atoms with Gasteiger partial charge >= 0.3 is 0 Å². The molecule has 0 aromatic heterocycles. The van der Waals surface area contributed by atoms with Crippen molar-refractivity contribution >= 4 is 0 Å². The molecule has 8 heteroatoms. The molecular formula is C19H42O8. The van der Waals surface area contributed by atoms with Gasteiger partial charge in [0.2, 0.25) is 0 Å². The molecular weight excluding hydrogens is 356 g/mol. The zero-order valence-electron chi connectivity index (χ0n) is 18.5. The monoisotopic (exact) mass is 398 g/mol. The predicted octanol–water partition coefficient (Wildman–Crippen LogP) is 3.18. The number of hydrogen-bond donors (Lipinski definition) is 0. The molecule has 2 heterocycles. The first-order valence-electron chi connectivity index (χ1n) is 9.66. The largest absolute Gasteiger partial charge is 0.356 e. The van der Waals surface area contributed by atoms with Crippen LogP contribution in [0.4, 0.5) is 0 Å². The van der Waals surface area contributed by atoms with Crippen LogP contribution in [-0.2, 0) is 37.9 Å². The van der Waals surface area contributed by atoms with E-state index < -0.39 is 0 Å². The van der Waals surface area contributed by atoms with Crippen molar-refractivity contribution in [3.63, 3.8) is 0 Å². The van der Waals surface area contributed by atoms with Crippen LogP contribution in [0, 0.1) is 0 Å². The van der Waals surface area contributed by atoms with E-state index in [0.717, 1.165) is 46.1 Å². The fourth-order valence-electron chi connectivity index (χ4n) is 1.70. The highest BCUT2D eigenvalue weighted by molar-refractivity contribution is 4.42. The van der Waals surface area contributed by atoms with Crippen molar-refractivity contribution in [1.82, 2.24) is 0 Å². The molecule has 0 radical (unpaired) electrons. The summed E-state index contributed by atoms with van der Waals surface area (Å²) in [5.41, 5.74) is 0. The molecule has 0 amide bonds. The smallest absolute Gasteiger partial charge is 0.155 e. The van der Waals surface area contributed by atoms with Crippen LogP contribution < -0.4 is 0 Å². The summed E-state index contributed by atoms with van der Waals surface area (Å²) in [6.07, 6.45) is 1.03. The van der Waals surface area contributed by atoms with Gasteiger partial charge in [-0.25, -0.2) is 0 Å². The Morgan fingerprint density at radius 3 is 1.26 bits per heavy atom. The van der Waals surface area contributed by atoms with Crippen molar-refractivity contribution < 1.29 is 37.9 Å². The van der Waals surface area contributed by atoms with Crippen LogP contribution in [0.3, 0.4) is 0 Å². The zero-order chi connectivity index (χ0) is 20.9. The third kappa shape index (κ3) is 23.6. The van der Waals surface area contributed by atoms with Gasteiger partial charge in [0.25, 0.3) is 0 Å². The Bertz CT molecular complexity index is 258. The molecule has 0 aliphatic carbocycles. The third-order valence-corrected chi connectivity index (χ3v) is 3.25. The van der Waals surface area contributed by atoms with Gasteiger partial charge in [0.1, 0.15) is 0 Å². The van der Waals surface area contributed by atoms with Crippen molar-refractivity contribution in [2.45, 2.75) is 73.1 Å². The zero-order valence-corrected chi connectivity index (χ0v) is 18.5. The summed E-state index contributed by atoms with van der Waals surface area (Å²) >= 11 is 0. The van der Waals surface area contributed by atoms with Gasteiger partial charge in [0, 0.05) is 27.4 Å². The van der Waals surface area contributed by atoms with Gasteiger partial charge in [-0.2, -0.15) is 0 Å². The number of hydrogen-bond acceptors (Lipinski definition) is 8. The molecule has 0 unspecified atom stereocenters. The molecule has 2 aliphatic rings. The van der Waals surface area contributed by atoms with Crippen LogP contribution in [0.15, 0.2) is 0 Å². The summed E-state index contributed by atoms with van der Waals surface area (Å²) in [4.78, 5) is 0. The average Bonchev–Trinajstić information content (AvgIpc) is 3.15. The van der Waals surface area contributed by atoms with E-state index in [0.29, 0.717) is 0 Å². The van der Waals surface area contributed by atoms with Crippen molar-refractivity contribution in [2.24, 2.45) is 0 Å². The molecule has 0 atom stereocenters. The molecule has 0 aromatic rings. The predicted molar refractivity (Wildman–Crippen MR) is 104 cm³/mol. The SMILES string of the molecule is CC1OCCCO1.CC1OCCO1.CCOC(C)OCC.COC(C)OC. The fourth-order valence-corrected chi connectivity index (χ4v) is 1.70. The molecule has 2 aliphatic heterocycles. The average molecular weight is 399 g/mol. The van der Waals surface area contributed by atoms with E-state index in [1.165, 1.54) is 0 Å². The van der Waals surface area contributed by atoms with Crippen LogP contribution in [0.25, 0.3) is 0 Å². The molecule has 2 rings (SSSR count). The molecule has 2 fully saturated rings. The van der Waals surface area contributed by atoms with Gasteiger partial charge in [-0.15, -0.1) is 0 Å². The van der Waals surface area contributed by atoms with Crippen molar-refractivity contribution in [3.8, 4) is 0 Å². The number of methoxy groups -OCH3 is 2. The maximum absolute atomic E-state index is 5.06. The minimum atomic E-state index is -0.0648. The van der Waals surface area contributed by atoms with E-state index in [1.54, 1.807) is 14.2 Å². The molecule has 0 bridgehead atoms. The Morgan fingerprint density at radius 2 is 1.07 bits per heavy atom. The maximum Gasteiger partial charge on any atom is 0.155 e. The summed E-state index contributed by atoms with van der Waals surface area (Å²) in [5.74, 6) is 0. The summed E-state index contributed by atoms with van der Waals surface area (Å²) in [5, 5.41) is 0. The summed E-state index contributed by atoms with van der Waals surface area (Å²) in [7, 11) is 3.21. The molecule has 8 nitrogen and oxygen atoms in total. The van der Waals surface area contributed by atoms with Crippen LogP contribution in [0.5, 0.6) is 0 Å². The molecule has 0 aromatic carbocycles. The van der Waals surface area contributed by atoms with E-state index in [-0.39, 0.29) is 25.2 Å². The van der Waals surface area contributed by atoms with E-state index in [9.17, 15) is 0 Å². The molecule has 27 heavy (non-hydrogen) atoms. The third-order valence-electron chi connectivity index (χ3n) is 3.25. The normalized spacial score (nSPS) is 17.6. The van der Waals surface area contributed by atoms with Gasteiger partial charge in [0.05, 0.1) is 26.4 Å². The van der Waals surface area contributed by atoms with Crippen LogP contribution in [0.2, 0.25) is 0 Å². The van der Waals surface area contributed by atoms with Gasteiger partial charge in [0.15, 0.2) is 25.2 Å². The Labute approximate surface area is 165 Å². The van der Waals surface area contributed by atoms with Crippen molar-refractivity contribution in [2.75, 3.05) is 53.9 Å². The Morgan fingerprint density at radius 1 is 0.704 bits per heavy atom. The van der Waals surface area contributed by atoms with Crippen LogP contribution in [0.1, 0.15) is 48.0 Å². The molecule has 0 saturated carbocycles. The number of ether oxygens (including phenoxy) is 8. The number of rotatable bonds is 6. The molecule has 166 valence electrons. The van der Waals surface area contributed by atoms with E-state index >= 15 is 0 Å². The lowest BCUT2D eigenvalue weighted by Gasteiger charge is -2.18. The first-order chi connectivity index (χ1) is 12.9. The van der Waals surface area contributed by atoms with Crippen molar-refractivity contribution in [3.05, 3.63) is 0 Å². The Balaban J connectivity index is 0. The van der Waals surface area contributed by atoms with Crippen molar-refractivity contribution in [1.29, 1.82) is 0 Å². The minimum absolute atomic E-state index is 0.0359. The van der Waals surface area contributed by atoms with Gasteiger partial charge < -0.3 is 37.9 Å². The lowest BCUT2D eigenvalue weighted by molar-refractivity contribution is -0.167. The molecule has 2 saturated heterocycles. The second-order valence-electron chi connectivity index (χ2n) is 5.49. The first-order valence-corrected chi connectivity index (χ1v) is 9.66. The van der Waals surface area contributed by atoms with Gasteiger partial charge in [-0.1, -0.05) is 0 Å². The topological polar surface area (TPSA) is 73.8 Å². The quantitative estimate of drug-likeness (QED) is 0.632. The Kier molecular flexibility index (Phi) is 23.5. The minimum Gasteiger partial charge on any atom is -0.356 e. The second kappa shape index (κ2) is 22.0. The second-order valence-corrected chi connectivity index (χ2v) is 5.49. The highest BCUT2D eigenvalue weighted by atomic mass is 16.7. The molecule has 0 spiro atoms. The van der Waals surface area contributed by atoms with Gasteiger partial charge in [-0.05, 0) is 48.0 Å². The highest BCUT2D eigenvalue weighted by Gasteiger charge is 2.07. The summed E-state index contributed by atoms with van der Waals surface area (Å²) in [6, 6.07) is 0. The standard InChI is InChI=1S/C6H14O2.C5H10O2.C4H8O2.C4H10O2/c1-4-7-6(3)8-5-2;1-5-6-3-2-4-7-5;1-4-5-2-3-6-4;1-4(5-2)6-3/h6H,4-5H2,1-3H3;5H,2-4H2,1H3;4H,2-3H2,1H3;4H,1-3H3.